The van der Waals surface area contributed by atoms with Crippen LogP contribution in [0.15, 0.2) is 48.8 Å². The van der Waals surface area contributed by atoms with E-state index in [0.29, 0.717) is 42.4 Å². The molecule has 2 amide bonds. The fraction of sp³-hybridized carbons (Fsp3) is 0.444. The molecule has 2 aromatic heterocycles. The van der Waals surface area contributed by atoms with Gasteiger partial charge in [0.15, 0.2) is 0 Å². The van der Waals surface area contributed by atoms with E-state index in [2.05, 4.69) is 19.9 Å². The Morgan fingerprint density at radius 2 is 1.24 bits per heavy atom. The summed E-state index contributed by atoms with van der Waals surface area (Å²) < 4.78 is 11.2. The van der Waals surface area contributed by atoms with E-state index in [1.165, 1.54) is 6.20 Å². The van der Waals surface area contributed by atoms with E-state index in [0.717, 1.165) is 30.5 Å². The van der Waals surface area contributed by atoms with Crippen LogP contribution >= 0.6 is 0 Å². The molecule has 2 aliphatic rings. The first-order valence-corrected chi connectivity index (χ1v) is 16.8. The van der Waals surface area contributed by atoms with Gasteiger partial charge >= 0.3 is 17.9 Å². The first-order chi connectivity index (χ1) is 23.6. The Labute approximate surface area is 290 Å². The monoisotopic (exact) mass is 685 g/mol. The molecule has 0 bridgehead atoms. The Morgan fingerprint density at radius 3 is 1.74 bits per heavy atom. The summed E-state index contributed by atoms with van der Waals surface area (Å²) in [6, 6.07) is 9.78. The standard InChI is InChI=1S/C36H43N7O7/c1-35(2,3)49-33(45)41-17-7-9-27(41)31-37-19-25(39-31)22-13-11-21(12-14-22)23-15-16-24(30(44)29(23)43(47)48)26-20-38-32(40-26)28-10-8-18-42(28)34(46)50-36(4,5)6/h11-16,19-20,27-28,44H,7-10,17-18H2,1-6H3,(H,37,39)(H,38,40)/t27-,28-/m0/s1. The number of nitro benzene ring substituents is 1. The number of aromatic amines is 2. The van der Waals surface area contributed by atoms with Gasteiger partial charge in [-0.05, 0) is 90.5 Å². The number of phenols is 1. The molecule has 6 rings (SSSR count). The first kappa shape index (κ1) is 34.5. The molecule has 2 saturated heterocycles. The van der Waals surface area contributed by atoms with E-state index in [1.807, 2.05) is 53.7 Å². The molecule has 2 aliphatic heterocycles. The number of hydrogen-bond donors (Lipinski definition) is 3. The average molecular weight is 686 g/mol. The van der Waals surface area contributed by atoms with Crippen LogP contribution in [0.2, 0.25) is 0 Å². The van der Waals surface area contributed by atoms with E-state index in [1.54, 1.807) is 40.3 Å². The number of rotatable bonds is 6. The number of hydrogen-bond acceptors (Lipinski definition) is 9. The van der Waals surface area contributed by atoms with E-state index in [-0.39, 0.29) is 29.3 Å². The maximum Gasteiger partial charge on any atom is 0.410 e. The second kappa shape index (κ2) is 13.1. The lowest BCUT2D eigenvalue weighted by atomic mass is 9.98. The van der Waals surface area contributed by atoms with E-state index < -0.39 is 33.7 Å². The zero-order valence-electron chi connectivity index (χ0n) is 29.1. The van der Waals surface area contributed by atoms with Gasteiger partial charge in [-0.2, -0.15) is 0 Å². The molecule has 0 unspecified atom stereocenters. The third-order valence-corrected chi connectivity index (χ3v) is 8.71. The van der Waals surface area contributed by atoms with Gasteiger partial charge in [0.05, 0.1) is 46.4 Å². The maximum atomic E-state index is 12.8. The lowest BCUT2D eigenvalue weighted by Crippen LogP contribution is -2.36. The summed E-state index contributed by atoms with van der Waals surface area (Å²) in [5.41, 5.74) is 1.25. The summed E-state index contributed by atoms with van der Waals surface area (Å²) in [4.78, 5) is 56.2. The smallest absolute Gasteiger partial charge is 0.410 e. The highest BCUT2D eigenvalue weighted by molar-refractivity contribution is 5.85. The average Bonchev–Trinajstić information content (AvgIpc) is 3.85. The van der Waals surface area contributed by atoms with Crippen molar-refractivity contribution in [2.45, 2.75) is 90.5 Å². The number of imidazole rings is 2. The fourth-order valence-electron chi connectivity index (χ4n) is 6.52. The minimum Gasteiger partial charge on any atom is -0.502 e. The molecule has 2 atom stereocenters. The fourth-order valence-corrected chi connectivity index (χ4v) is 6.52. The quantitative estimate of drug-likeness (QED) is 0.134. The number of carbonyl (C=O) groups excluding carboxylic acids is 2. The molecular formula is C36H43N7O7. The summed E-state index contributed by atoms with van der Waals surface area (Å²) in [6.45, 7) is 12.0. The minimum atomic E-state index is -0.643. The molecule has 50 heavy (non-hydrogen) atoms. The van der Waals surface area contributed by atoms with Gasteiger partial charge in [-0.15, -0.1) is 0 Å². The van der Waals surface area contributed by atoms with Crippen LogP contribution in [0.5, 0.6) is 5.75 Å². The van der Waals surface area contributed by atoms with Gasteiger partial charge in [0.1, 0.15) is 22.9 Å². The minimum absolute atomic E-state index is 0.218. The summed E-state index contributed by atoms with van der Waals surface area (Å²) in [5, 5.41) is 23.6. The van der Waals surface area contributed by atoms with Crippen molar-refractivity contribution in [2.24, 2.45) is 0 Å². The number of benzene rings is 2. The summed E-state index contributed by atoms with van der Waals surface area (Å²) in [5.74, 6) is 0.681. The third-order valence-electron chi connectivity index (χ3n) is 8.71. The second-order valence-electron chi connectivity index (χ2n) is 14.7. The molecule has 14 heteroatoms. The van der Waals surface area contributed by atoms with Crippen LogP contribution in [0.4, 0.5) is 15.3 Å². The predicted octanol–water partition coefficient (Wildman–Crippen LogP) is 7.89. The second-order valence-corrected chi connectivity index (χ2v) is 14.7. The van der Waals surface area contributed by atoms with E-state index in [4.69, 9.17) is 9.47 Å². The molecule has 0 aliphatic carbocycles. The summed E-state index contributed by atoms with van der Waals surface area (Å²) in [6.07, 6.45) is 5.47. The highest BCUT2D eigenvalue weighted by Gasteiger charge is 2.36. The molecule has 2 aromatic carbocycles. The first-order valence-electron chi connectivity index (χ1n) is 16.8. The SMILES string of the molecule is CC(C)(C)OC(=O)N1CCC[C@H]1c1ncc(-c2ccc(-c3ccc(-c4cnc([C@@H]5CCCN5C(=O)OC(C)(C)C)[nH]4)c(O)c3[N+](=O)[O-])cc2)[nH]1. The normalized spacial score (nSPS) is 18.0. The summed E-state index contributed by atoms with van der Waals surface area (Å²) >= 11 is 0. The number of aromatic nitrogens is 4. The van der Waals surface area contributed by atoms with Crippen molar-refractivity contribution in [3.63, 3.8) is 0 Å². The number of aromatic hydroxyl groups is 1. The lowest BCUT2D eigenvalue weighted by molar-refractivity contribution is -0.385. The Bertz CT molecular complexity index is 1900. The van der Waals surface area contributed by atoms with Crippen LogP contribution < -0.4 is 0 Å². The topological polar surface area (TPSA) is 180 Å². The molecule has 264 valence electrons. The zero-order valence-corrected chi connectivity index (χ0v) is 29.1. The van der Waals surface area contributed by atoms with Crippen LogP contribution in [0.25, 0.3) is 33.6 Å². The highest BCUT2D eigenvalue weighted by atomic mass is 16.6. The molecule has 3 N–H and O–H groups in total. The van der Waals surface area contributed by atoms with Crippen LogP contribution in [0.1, 0.15) is 91.0 Å². The van der Waals surface area contributed by atoms with Crippen LogP contribution in [0, 0.1) is 10.1 Å². The van der Waals surface area contributed by atoms with Crippen molar-refractivity contribution < 1.29 is 29.1 Å². The van der Waals surface area contributed by atoms with E-state index in [9.17, 15) is 24.8 Å². The number of nitrogens with zero attached hydrogens (tertiary/aromatic N) is 5. The van der Waals surface area contributed by atoms with E-state index >= 15 is 0 Å². The third kappa shape index (κ3) is 7.14. The van der Waals surface area contributed by atoms with Gasteiger partial charge < -0.3 is 24.5 Å². The number of amides is 2. The van der Waals surface area contributed by atoms with Crippen molar-refractivity contribution in [3.05, 3.63) is 70.6 Å². The Morgan fingerprint density at radius 1 is 0.780 bits per heavy atom. The molecule has 2 fully saturated rings. The number of nitro groups is 1. The van der Waals surface area contributed by atoms with Crippen molar-refractivity contribution in [3.8, 4) is 39.4 Å². The van der Waals surface area contributed by atoms with Gasteiger partial charge in [0.2, 0.25) is 5.75 Å². The van der Waals surface area contributed by atoms with Gasteiger partial charge in [-0.25, -0.2) is 19.6 Å². The predicted molar refractivity (Wildman–Crippen MR) is 185 cm³/mol. The van der Waals surface area contributed by atoms with Crippen LogP contribution in [0.3, 0.4) is 0 Å². The van der Waals surface area contributed by atoms with Crippen LogP contribution in [-0.4, -0.2) is 76.2 Å². The largest absolute Gasteiger partial charge is 0.502 e. The Kier molecular flexibility index (Phi) is 9.06. The molecule has 14 nitrogen and oxygen atoms in total. The number of ether oxygens (including phenoxy) is 2. The van der Waals surface area contributed by atoms with Gasteiger partial charge in [-0.1, -0.05) is 24.3 Å². The zero-order chi connectivity index (χ0) is 36.0. The van der Waals surface area contributed by atoms with Gasteiger partial charge in [0, 0.05) is 18.7 Å². The molecule has 0 spiro atoms. The number of likely N-dealkylation sites (tertiary alicyclic amines) is 2. The maximum absolute atomic E-state index is 12.8. The number of carbonyl (C=O) groups is 2. The number of H-pyrrole nitrogens is 2. The number of phenolic OH excluding ortho intramolecular Hbond substituents is 1. The number of nitrogens with one attached hydrogen (secondary N) is 2. The van der Waals surface area contributed by atoms with Gasteiger partial charge in [-0.3, -0.25) is 19.9 Å². The van der Waals surface area contributed by atoms with Crippen molar-refractivity contribution in [1.29, 1.82) is 0 Å². The molecule has 4 aromatic rings. The highest BCUT2D eigenvalue weighted by Crippen LogP contribution is 2.44. The van der Waals surface area contributed by atoms with Crippen molar-refractivity contribution in [1.82, 2.24) is 29.7 Å². The van der Waals surface area contributed by atoms with Crippen molar-refractivity contribution >= 4 is 17.9 Å². The molecule has 4 heterocycles. The Balaban J connectivity index is 1.21. The lowest BCUT2D eigenvalue weighted by Gasteiger charge is -2.27. The van der Waals surface area contributed by atoms with Gasteiger partial charge in [0.25, 0.3) is 0 Å². The van der Waals surface area contributed by atoms with Crippen molar-refractivity contribution in [2.75, 3.05) is 13.1 Å². The Hall–Kier alpha value is -5.40. The molecule has 0 saturated carbocycles. The van der Waals surface area contributed by atoms with Crippen LogP contribution in [-0.2, 0) is 9.47 Å². The molecular weight excluding hydrogens is 642 g/mol. The molecule has 0 radical (unpaired) electrons. The summed E-state index contributed by atoms with van der Waals surface area (Å²) in [7, 11) is 0.